The van der Waals surface area contributed by atoms with Crippen molar-refractivity contribution in [2.75, 3.05) is 34.4 Å². The molecule has 1 heterocycles. The van der Waals surface area contributed by atoms with E-state index in [1.54, 1.807) is 25.1 Å². The second-order valence-corrected chi connectivity index (χ2v) is 10.3. The van der Waals surface area contributed by atoms with Gasteiger partial charge in [-0.15, -0.1) is 0 Å². The molecule has 37 heavy (non-hydrogen) atoms. The van der Waals surface area contributed by atoms with Gasteiger partial charge >= 0.3 is 0 Å². The fourth-order valence-corrected chi connectivity index (χ4v) is 6.60. The van der Waals surface area contributed by atoms with E-state index < -0.39 is 58.0 Å². The molecule has 1 saturated heterocycles. The highest BCUT2D eigenvalue weighted by Gasteiger charge is 2.64. The monoisotopic (exact) mass is 513 g/mol. The molecule has 4 atom stereocenters. The van der Waals surface area contributed by atoms with E-state index in [2.05, 4.69) is 0 Å². The van der Waals surface area contributed by atoms with Crippen LogP contribution in [0.3, 0.4) is 0 Å². The highest BCUT2D eigenvalue weighted by molar-refractivity contribution is 6.25. The highest BCUT2D eigenvalue weighted by Crippen LogP contribution is 2.53. The summed E-state index contributed by atoms with van der Waals surface area (Å²) in [7, 11) is 4.54. The Morgan fingerprint density at radius 3 is 2.59 bits per heavy atom. The number of phenols is 1. The van der Waals surface area contributed by atoms with E-state index in [0.29, 0.717) is 25.1 Å². The first-order valence-electron chi connectivity index (χ1n) is 12.2. The Bertz CT molecular complexity index is 1260. The first-order valence-corrected chi connectivity index (χ1v) is 12.2. The van der Waals surface area contributed by atoms with E-state index in [1.807, 2.05) is 5.06 Å². The van der Waals surface area contributed by atoms with E-state index in [9.17, 15) is 29.7 Å². The number of rotatable bonds is 5. The van der Waals surface area contributed by atoms with Gasteiger partial charge in [0.25, 0.3) is 5.91 Å². The van der Waals surface area contributed by atoms with Crippen molar-refractivity contribution in [2.45, 2.75) is 37.5 Å². The SMILES string of the molecule is CO[C@@]12C(=O)C(C(N)=O)=C(O)[C@H](N(C)C)[C@@H]1C[C@@H]1Cc3c(CN4CCCO4)ccc(O)c3C(=O)C1=C2O. The molecule has 5 N–H and O–H groups in total. The third kappa shape index (κ3) is 3.52. The predicted octanol–water partition coefficient (Wildman–Crippen LogP) is 0.912. The topological polar surface area (TPSA) is 163 Å². The van der Waals surface area contributed by atoms with Crippen LogP contribution in [0.4, 0.5) is 0 Å². The van der Waals surface area contributed by atoms with Gasteiger partial charge in [-0.2, -0.15) is 5.06 Å². The fraction of sp³-hybridized carbons (Fsp3) is 0.500. The lowest BCUT2D eigenvalue weighted by atomic mass is 9.58. The molecule has 3 aliphatic carbocycles. The van der Waals surface area contributed by atoms with Crippen molar-refractivity contribution < 1.29 is 39.3 Å². The van der Waals surface area contributed by atoms with Crippen LogP contribution in [0.1, 0.15) is 34.3 Å². The molecule has 1 aromatic rings. The number of phenolic OH excluding ortho intramolecular Hbond substituents is 1. The van der Waals surface area contributed by atoms with Crippen LogP contribution in [0.25, 0.3) is 0 Å². The van der Waals surface area contributed by atoms with Gasteiger partial charge in [0.1, 0.15) is 22.8 Å². The number of ketones is 2. The number of primary amides is 1. The number of likely N-dealkylation sites (N-methyl/N-ethyl adjacent to an activating group) is 1. The third-order valence-electron chi connectivity index (χ3n) is 8.16. The molecule has 0 unspecified atom stereocenters. The van der Waals surface area contributed by atoms with Crippen LogP contribution in [0.2, 0.25) is 0 Å². The normalized spacial score (nSPS) is 30.0. The molecule has 1 aliphatic heterocycles. The van der Waals surface area contributed by atoms with Gasteiger partial charge in [0.05, 0.1) is 18.2 Å². The molecule has 1 aromatic carbocycles. The van der Waals surface area contributed by atoms with Crippen LogP contribution in [-0.2, 0) is 32.1 Å². The van der Waals surface area contributed by atoms with E-state index in [0.717, 1.165) is 18.5 Å². The molecule has 198 valence electrons. The van der Waals surface area contributed by atoms with Crippen molar-refractivity contribution in [3.63, 3.8) is 0 Å². The molecule has 0 radical (unpaired) electrons. The lowest BCUT2D eigenvalue weighted by Crippen LogP contribution is -2.64. The lowest BCUT2D eigenvalue weighted by molar-refractivity contribution is -0.154. The van der Waals surface area contributed by atoms with Gasteiger partial charge in [0.15, 0.2) is 11.4 Å². The minimum atomic E-state index is -2.10. The number of amides is 1. The van der Waals surface area contributed by atoms with Crippen molar-refractivity contribution >= 4 is 17.5 Å². The van der Waals surface area contributed by atoms with Crippen molar-refractivity contribution in [3.05, 3.63) is 51.5 Å². The molecular formula is C26H31N3O8. The van der Waals surface area contributed by atoms with E-state index >= 15 is 0 Å². The minimum Gasteiger partial charge on any atom is -0.510 e. The number of carbonyl (C=O) groups is 3. The first-order chi connectivity index (χ1) is 17.5. The number of Topliss-reactive ketones (excluding diaryl/α,β-unsaturated/α-hetero) is 2. The number of aromatic hydroxyl groups is 1. The second kappa shape index (κ2) is 8.95. The standard InChI is InChI=1S/C26H31N3O8/c1-28(2)20-15-10-13-9-14-12(11-29-7-4-8-37-29)5-6-16(30)18(14)21(31)17(13)23(33)26(15,36-3)24(34)19(22(20)32)25(27)35/h5-6,13,15,20,30,32-33H,4,7-11H2,1-3H3,(H2,27,35)/t13-,15-,20+,26-/m0/s1. The number of aliphatic hydroxyl groups is 2. The molecule has 11 nitrogen and oxygen atoms in total. The molecule has 0 aromatic heterocycles. The lowest BCUT2D eigenvalue weighted by Gasteiger charge is -2.51. The number of ether oxygens (including phenoxy) is 1. The summed E-state index contributed by atoms with van der Waals surface area (Å²) >= 11 is 0. The Morgan fingerprint density at radius 1 is 1.27 bits per heavy atom. The number of hydrogen-bond donors (Lipinski definition) is 4. The Kier molecular flexibility index (Phi) is 6.14. The summed E-state index contributed by atoms with van der Waals surface area (Å²) in [5.74, 6) is -5.42. The maximum absolute atomic E-state index is 13.9. The molecule has 1 amide bonds. The maximum Gasteiger partial charge on any atom is 0.255 e. The molecule has 0 bridgehead atoms. The summed E-state index contributed by atoms with van der Waals surface area (Å²) in [6, 6.07) is 2.32. The van der Waals surface area contributed by atoms with Crippen LogP contribution >= 0.6 is 0 Å². The summed E-state index contributed by atoms with van der Waals surface area (Å²) in [4.78, 5) is 47.0. The Labute approximate surface area is 213 Å². The van der Waals surface area contributed by atoms with Gasteiger partial charge in [0, 0.05) is 31.7 Å². The zero-order valence-electron chi connectivity index (χ0n) is 21.0. The number of carbonyl (C=O) groups excluding carboxylic acids is 3. The van der Waals surface area contributed by atoms with E-state index in [4.69, 9.17) is 15.3 Å². The molecule has 5 rings (SSSR count). The van der Waals surface area contributed by atoms with E-state index in [-0.39, 0.29) is 23.3 Å². The summed E-state index contributed by atoms with van der Waals surface area (Å²) in [6.45, 7) is 1.80. The fourth-order valence-electron chi connectivity index (χ4n) is 6.60. The number of fused-ring (bicyclic) bond motifs is 3. The zero-order valence-corrected chi connectivity index (χ0v) is 21.0. The Hall–Kier alpha value is -3.25. The Balaban J connectivity index is 1.68. The number of allylic oxidation sites excluding steroid dienone is 1. The number of nitrogens with two attached hydrogens (primary N) is 1. The number of aliphatic hydroxyl groups excluding tert-OH is 2. The molecule has 11 heteroatoms. The predicted molar refractivity (Wildman–Crippen MR) is 129 cm³/mol. The van der Waals surface area contributed by atoms with Crippen molar-refractivity contribution in [1.29, 1.82) is 0 Å². The number of nitrogens with zero attached hydrogens (tertiary/aromatic N) is 2. The number of hydrogen-bond acceptors (Lipinski definition) is 10. The summed E-state index contributed by atoms with van der Waals surface area (Å²) in [5.41, 5.74) is 4.21. The first kappa shape index (κ1) is 25.4. The quantitative estimate of drug-likeness (QED) is 0.416. The minimum absolute atomic E-state index is 0.0356. The van der Waals surface area contributed by atoms with Crippen molar-refractivity contribution in [3.8, 4) is 5.75 Å². The van der Waals surface area contributed by atoms with Crippen LogP contribution in [0, 0.1) is 11.8 Å². The highest BCUT2D eigenvalue weighted by atomic mass is 16.7. The van der Waals surface area contributed by atoms with Crippen molar-refractivity contribution in [1.82, 2.24) is 9.96 Å². The Morgan fingerprint density at radius 2 is 2.00 bits per heavy atom. The van der Waals surface area contributed by atoms with Crippen LogP contribution in [0.5, 0.6) is 5.75 Å². The van der Waals surface area contributed by atoms with Crippen LogP contribution in [0.15, 0.2) is 34.8 Å². The van der Waals surface area contributed by atoms with Crippen LogP contribution in [-0.4, -0.2) is 88.8 Å². The molecule has 1 fully saturated rings. The smallest absolute Gasteiger partial charge is 0.255 e. The largest absolute Gasteiger partial charge is 0.510 e. The molecular weight excluding hydrogens is 482 g/mol. The van der Waals surface area contributed by atoms with Gasteiger partial charge in [-0.25, -0.2) is 0 Å². The van der Waals surface area contributed by atoms with Crippen LogP contribution < -0.4 is 5.73 Å². The van der Waals surface area contributed by atoms with Crippen molar-refractivity contribution in [2.24, 2.45) is 17.6 Å². The van der Waals surface area contributed by atoms with Gasteiger partial charge in [-0.3, -0.25) is 24.1 Å². The average molecular weight is 514 g/mol. The summed E-state index contributed by atoms with van der Waals surface area (Å²) in [6.07, 6.45) is 1.40. The maximum atomic E-state index is 13.9. The number of methoxy groups -OCH3 is 1. The average Bonchev–Trinajstić information content (AvgIpc) is 3.33. The molecule has 0 spiro atoms. The number of benzene rings is 1. The van der Waals surface area contributed by atoms with Gasteiger partial charge in [-0.05, 0) is 56.5 Å². The summed E-state index contributed by atoms with van der Waals surface area (Å²) < 4.78 is 5.67. The second-order valence-electron chi connectivity index (χ2n) is 10.3. The molecule has 0 saturated carbocycles. The van der Waals surface area contributed by atoms with E-state index in [1.165, 1.54) is 13.2 Å². The van der Waals surface area contributed by atoms with Gasteiger partial charge in [0.2, 0.25) is 5.78 Å². The molecule has 4 aliphatic rings. The van der Waals surface area contributed by atoms with Gasteiger partial charge in [-0.1, -0.05) is 6.07 Å². The third-order valence-corrected chi connectivity index (χ3v) is 8.16. The van der Waals surface area contributed by atoms with Gasteiger partial charge < -0.3 is 25.8 Å². The zero-order chi connectivity index (χ0) is 26.8. The number of hydroxylamine groups is 2. The summed E-state index contributed by atoms with van der Waals surface area (Å²) in [5, 5.41) is 35.1.